The van der Waals surface area contributed by atoms with Crippen LogP contribution >= 0.6 is 0 Å². The fourth-order valence-electron chi connectivity index (χ4n) is 1.95. The molecule has 1 unspecified atom stereocenters. The number of hydrogen-bond acceptors (Lipinski definition) is 0. The average molecular weight is 297 g/mol. The van der Waals surface area contributed by atoms with Gasteiger partial charge >= 0.3 is 0 Å². The van der Waals surface area contributed by atoms with Crippen molar-refractivity contribution in [3.8, 4) is 0 Å². The first-order valence-electron chi connectivity index (χ1n) is 7.27. The van der Waals surface area contributed by atoms with Crippen molar-refractivity contribution < 1.29 is 0 Å². The average Bonchev–Trinajstić information content (AvgIpc) is 2.52. The zero-order chi connectivity index (χ0) is 15.5. The van der Waals surface area contributed by atoms with E-state index in [9.17, 15) is 0 Å². The summed E-state index contributed by atoms with van der Waals surface area (Å²) in [6, 6.07) is 10.7. The Hall–Kier alpha value is -1.73. The second-order valence-electron chi connectivity index (χ2n) is 4.55. The van der Waals surface area contributed by atoms with Crippen molar-refractivity contribution in [1.29, 1.82) is 0 Å². The number of rotatable bonds is 7. The van der Waals surface area contributed by atoms with Gasteiger partial charge in [0, 0.05) is 6.92 Å². The van der Waals surface area contributed by atoms with Crippen molar-refractivity contribution in [2.24, 2.45) is 0 Å². The summed E-state index contributed by atoms with van der Waals surface area (Å²) in [4.78, 5) is 4.07. The molecule has 0 N–H and O–H groups in total. The predicted molar refractivity (Wildman–Crippen MR) is 98.4 cm³/mol. The molecule has 1 heteroatoms. The molecule has 0 nitrogen and oxygen atoms in total. The van der Waals surface area contributed by atoms with E-state index in [0.29, 0.717) is 0 Å². The van der Waals surface area contributed by atoms with Crippen molar-refractivity contribution in [2.45, 2.75) is 32.1 Å². The van der Waals surface area contributed by atoms with E-state index < -0.39 is 0 Å². The van der Waals surface area contributed by atoms with Crippen molar-refractivity contribution in [1.82, 2.24) is 0 Å². The number of benzene rings is 1. The van der Waals surface area contributed by atoms with Gasteiger partial charge in [-0.1, -0.05) is 42.5 Å². The molecule has 0 radical (unpaired) electrons. The standard InChI is InChI=1S/C20H25S/c1-5-8-14-18(4)21(20-16-11-10-12-17-20)19(13-7-3)15-9-6-2/h5-8,10-17H,2,9H2,1,3-4H3/q+1/b8-5-,13-7-,18-14+,19-15+. The smallest absolute Gasteiger partial charge is 0.103 e. The highest BCUT2D eigenvalue weighted by Crippen LogP contribution is 2.30. The van der Waals surface area contributed by atoms with Crippen molar-refractivity contribution in [3.63, 3.8) is 0 Å². The summed E-state index contributed by atoms with van der Waals surface area (Å²) in [6.07, 6.45) is 15.8. The van der Waals surface area contributed by atoms with E-state index in [1.165, 1.54) is 14.7 Å². The third-order valence-corrected chi connectivity index (χ3v) is 5.17. The largest absolute Gasteiger partial charge is 0.166 e. The molecular weight excluding hydrogens is 272 g/mol. The van der Waals surface area contributed by atoms with Gasteiger partial charge in [-0.3, -0.25) is 0 Å². The van der Waals surface area contributed by atoms with Gasteiger partial charge in [0.15, 0.2) is 9.80 Å². The lowest BCUT2D eigenvalue weighted by Crippen LogP contribution is -2.06. The highest BCUT2D eigenvalue weighted by molar-refractivity contribution is 8.04. The second kappa shape index (κ2) is 10.1. The first-order chi connectivity index (χ1) is 10.2. The Balaban J connectivity index is 3.32. The molecule has 110 valence electrons. The van der Waals surface area contributed by atoms with E-state index in [-0.39, 0.29) is 10.9 Å². The molecule has 0 heterocycles. The second-order valence-corrected chi connectivity index (χ2v) is 6.75. The lowest BCUT2D eigenvalue weighted by Gasteiger charge is -2.08. The van der Waals surface area contributed by atoms with Gasteiger partial charge in [-0.05, 0) is 50.6 Å². The van der Waals surface area contributed by atoms with E-state index in [1.54, 1.807) is 0 Å². The molecule has 0 aliphatic carbocycles. The maximum Gasteiger partial charge on any atom is 0.166 e. The van der Waals surface area contributed by atoms with Crippen LogP contribution in [0.2, 0.25) is 0 Å². The van der Waals surface area contributed by atoms with Crippen LogP contribution < -0.4 is 0 Å². The van der Waals surface area contributed by atoms with Crippen molar-refractivity contribution in [2.75, 3.05) is 0 Å². The molecule has 0 bridgehead atoms. The van der Waals surface area contributed by atoms with Gasteiger partial charge in [0.1, 0.15) is 4.91 Å². The number of allylic oxidation sites excluding steroid dienone is 8. The van der Waals surface area contributed by atoms with Crippen LogP contribution in [0.1, 0.15) is 27.2 Å². The van der Waals surface area contributed by atoms with Crippen LogP contribution in [-0.2, 0) is 10.9 Å². The molecule has 0 aliphatic rings. The van der Waals surface area contributed by atoms with Crippen LogP contribution in [0.3, 0.4) is 0 Å². The first kappa shape index (κ1) is 17.3. The molecular formula is C20H25S+. The van der Waals surface area contributed by atoms with E-state index in [0.717, 1.165) is 6.42 Å². The quantitative estimate of drug-likeness (QED) is 0.320. The highest BCUT2D eigenvalue weighted by Gasteiger charge is 2.28. The summed E-state index contributed by atoms with van der Waals surface area (Å²) >= 11 is 0. The predicted octanol–water partition coefficient (Wildman–Crippen LogP) is 6.18. The Morgan fingerprint density at radius 3 is 2.43 bits per heavy atom. The number of hydrogen-bond donors (Lipinski definition) is 0. The summed E-state index contributed by atoms with van der Waals surface area (Å²) in [5.74, 6) is 0. The monoisotopic (exact) mass is 297 g/mol. The topological polar surface area (TPSA) is 0 Å². The van der Waals surface area contributed by atoms with E-state index in [1.807, 2.05) is 13.0 Å². The van der Waals surface area contributed by atoms with Crippen LogP contribution in [0.4, 0.5) is 0 Å². The minimum atomic E-state index is -0.0369. The van der Waals surface area contributed by atoms with Crippen LogP contribution in [0.25, 0.3) is 0 Å². The Kier molecular flexibility index (Phi) is 8.30. The molecule has 0 saturated carbocycles. The van der Waals surface area contributed by atoms with E-state index >= 15 is 0 Å². The molecule has 0 fully saturated rings. The Bertz CT molecular complexity index is 544. The molecule has 0 spiro atoms. The van der Waals surface area contributed by atoms with E-state index in [4.69, 9.17) is 0 Å². The fraction of sp³-hybridized carbons (Fsp3) is 0.200. The van der Waals surface area contributed by atoms with Gasteiger partial charge in [0.2, 0.25) is 0 Å². The molecule has 1 aromatic carbocycles. The fourth-order valence-corrected chi connectivity index (χ4v) is 4.14. The minimum Gasteiger partial charge on any atom is -0.103 e. The van der Waals surface area contributed by atoms with Gasteiger partial charge in [0.25, 0.3) is 0 Å². The summed E-state index contributed by atoms with van der Waals surface area (Å²) in [5, 5.41) is 0. The van der Waals surface area contributed by atoms with Crippen LogP contribution in [0, 0.1) is 0 Å². The normalized spacial score (nSPS) is 14.8. The zero-order valence-corrected chi connectivity index (χ0v) is 14.1. The van der Waals surface area contributed by atoms with Crippen LogP contribution in [0.5, 0.6) is 0 Å². The van der Waals surface area contributed by atoms with Gasteiger partial charge < -0.3 is 0 Å². The first-order valence-corrected chi connectivity index (χ1v) is 8.49. The third kappa shape index (κ3) is 5.65. The summed E-state index contributed by atoms with van der Waals surface area (Å²) in [7, 11) is -0.0369. The van der Waals surface area contributed by atoms with Gasteiger partial charge in [-0.2, -0.15) is 0 Å². The molecule has 21 heavy (non-hydrogen) atoms. The summed E-state index contributed by atoms with van der Waals surface area (Å²) < 4.78 is 0. The van der Waals surface area contributed by atoms with Crippen LogP contribution in [0.15, 0.2) is 94.1 Å². The lowest BCUT2D eigenvalue weighted by molar-refractivity contribution is 1.38. The molecule has 0 amide bonds. The van der Waals surface area contributed by atoms with E-state index in [2.05, 4.69) is 87.2 Å². The maximum absolute atomic E-state index is 3.83. The molecule has 0 aromatic heterocycles. The Labute approximate surface area is 132 Å². The molecule has 1 rings (SSSR count). The van der Waals surface area contributed by atoms with Crippen LogP contribution in [-0.4, -0.2) is 0 Å². The SMILES string of the molecule is C=CC/C=C(\C=C/C)[S+](/C(C)=C/C=C\C)c1ccccc1. The minimum absolute atomic E-state index is 0.0369. The zero-order valence-electron chi connectivity index (χ0n) is 13.3. The van der Waals surface area contributed by atoms with Gasteiger partial charge in [-0.15, -0.1) is 6.58 Å². The lowest BCUT2D eigenvalue weighted by atomic mass is 10.3. The third-order valence-electron chi connectivity index (χ3n) is 2.88. The summed E-state index contributed by atoms with van der Waals surface area (Å²) in [6.45, 7) is 10.2. The van der Waals surface area contributed by atoms with Gasteiger partial charge in [0.05, 0.1) is 10.9 Å². The molecule has 0 aliphatic heterocycles. The molecule has 1 atom stereocenters. The molecule has 0 saturated heterocycles. The van der Waals surface area contributed by atoms with Gasteiger partial charge in [-0.25, -0.2) is 0 Å². The van der Waals surface area contributed by atoms with Crippen molar-refractivity contribution in [3.05, 3.63) is 89.3 Å². The maximum atomic E-state index is 3.83. The molecule has 1 aromatic rings. The highest BCUT2D eigenvalue weighted by atomic mass is 32.2. The van der Waals surface area contributed by atoms with Crippen molar-refractivity contribution >= 4 is 10.9 Å². The Morgan fingerprint density at radius 1 is 1.14 bits per heavy atom. The summed E-state index contributed by atoms with van der Waals surface area (Å²) in [5.41, 5.74) is 0. The Morgan fingerprint density at radius 2 is 1.86 bits per heavy atom.